The lowest BCUT2D eigenvalue weighted by atomic mass is 10.2. The van der Waals surface area contributed by atoms with E-state index in [0.717, 1.165) is 12.1 Å². The predicted molar refractivity (Wildman–Crippen MR) is 126 cm³/mol. The molecule has 7 nitrogen and oxygen atoms in total. The van der Waals surface area contributed by atoms with Crippen LogP contribution in [0.4, 0.5) is 0 Å². The molecule has 8 heteroatoms. The summed E-state index contributed by atoms with van der Waals surface area (Å²) in [5, 5.41) is 18.8. The highest BCUT2D eigenvalue weighted by Gasteiger charge is 2.09. The van der Waals surface area contributed by atoms with Crippen LogP contribution in [-0.2, 0) is 11.3 Å². The average molecular weight is 512 g/mol. The van der Waals surface area contributed by atoms with E-state index >= 15 is 0 Å². The van der Waals surface area contributed by atoms with Gasteiger partial charge in [0.1, 0.15) is 5.75 Å². The Balaban J connectivity index is 0.00000420. The predicted octanol–water partition coefficient (Wildman–Crippen LogP) is 2.51. The number of guanidine groups is 1. The topological polar surface area (TPSA) is 95.0 Å². The molecule has 0 atom stereocenters. The first-order valence-corrected chi connectivity index (χ1v) is 9.40. The quantitative estimate of drug-likeness (QED) is 0.170. The molecular weight excluding hydrogens is 483 g/mol. The van der Waals surface area contributed by atoms with Crippen molar-refractivity contribution in [2.45, 2.75) is 13.5 Å². The minimum absolute atomic E-state index is 0. The largest absolute Gasteiger partial charge is 0.507 e. The maximum Gasteiger partial charge on any atom is 0.255 e. The molecule has 0 spiro atoms. The molecule has 0 aromatic heterocycles. The van der Waals surface area contributed by atoms with Gasteiger partial charge in [0.25, 0.3) is 5.91 Å². The summed E-state index contributed by atoms with van der Waals surface area (Å²) < 4.78 is 5.62. The number of carbonyl (C=O) groups excluding carboxylic acids is 1. The fourth-order valence-electron chi connectivity index (χ4n) is 2.45. The minimum Gasteiger partial charge on any atom is -0.507 e. The molecule has 0 saturated heterocycles. The summed E-state index contributed by atoms with van der Waals surface area (Å²) in [7, 11) is 0. The zero-order chi connectivity index (χ0) is 20.0. The van der Waals surface area contributed by atoms with Crippen LogP contribution in [0.25, 0.3) is 0 Å². The third-order valence-electron chi connectivity index (χ3n) is 3.81. The van der Waals surface area contributed by atoms with Crippen molar-refractivity contribution >= 4 is 35.8 Å². The first kappa shape index (κ1) is 24.7. The molecule has 0 fully saturated rings. The molecule has 0 aliphatic rings. The third-order valence-corrected chi connectivity index (χ3v) is 3.81. The molecular formula is C21H29IN4O3. The lowest BCUT2D eigenvalue weighted by Gasteiger charge is -2.12. The van der Waals surface area contributed by atoms with Gasteiger partial charge in [0.2, 0.25) is 0 Å². The number of para-hydroxylation sites is 1. The molecule has 4 N–H and O–H groups in total. The number of amides is 1. The maximum absolute atomic E-state index is 12.0. The van der Waals surface area contributed by atoms with Crippen molar-refractivity contribution in [1.82, 2.24) is 16.0 Å². The number of hydrogen-bond donors (Lipinski definition) is 4. The number of benzene rings is 2. The van der Waals surface area contributed by atoms with E-state index in [1.54, 1.807) is 18.2 Å². The molecule has 2 aromatic rings. The average Bonchev–Trinajstić information content (AvgIpc) is 2.71. The first-order valence-electron chi connectivity index (χ1n) is 9.40. The van der Waals surface area contributed by atoms with Gasteiger partial charge in [-0.25, -0.2) is 0 Å². The molecule has 0 radical (unpaired) electrons. The molecule has 0 aliphatic carbocycles. The highest BCUT2D eigenvalue weighted by molar-refractivity contribution is 14.0. The third kappa shape index (κ3) is 9.62. The molecule has 0 aliphatic heterocycles. The molecule has 29 heavy (non-hydrogen) atoms. The number of nitrogens with one attached hydrogen (secondary N) is 3. The zero-order valence-electron chi connectivity index (χ0n) is 16.6. The van der Waals surface area contributed by atoms with Gasteiger partial charge in [-0.15, -0.1) is 24.0 Å². The van der Waals surface area contributed by atoms with Crippen molar-refractivity contribution in [2.24, 2.45) is 4.99 Å². The molecule has 0 unspecified atom stereocenters. The van der Waals surface area contributed by atoms with Gasteiger partial charge in [0, 0.05) is 19.6 Å². The van der Waals surface area contributed by atoms with Gasteiger partial charge in [-0.3, -0.25) is 9.79 Å². The second-order valence-electron chi connectivity index (χ2n) is 6.00. The van der Waals surface area contributed by atoms with Gasteiger partial charge in [-0.1, -0.05) is 42.5 Å². The van der Waals surface area contributed by atoms with E-state index < -0.39 is 0 Å². The Morgan fingerprint density at radius 3 is 2.41 bits per heavy atom. The fourth-order valence-corrected chi connectivity index (χ4v) is 2.45. The summed E-state index contributed by atoms with van der Waals surface area (Å²) in [5.41, 5.74) is 1.40. The molecule has 2 rings (SSSR count). The van der Waals surface area contributed by atoms with E-state index in [0.29, 0.717) is 38.8 Å². The normalized spacial score (nSPS) is 10.7. The summed E-state index contributed by atoms with van der Waals surface area (Å²) >= 11 is 0. The van der Waals surface area contributed by atoms with Crippen LogP contribution in [0.15, 0.2) is 59.6 Å². The Hall–Kier alpha value is -2.33. The Kier molecular flexibility index (Phi) is 12.5. The fraction of sp³-hybridized carbons (Fsp3) is 0.333. The number of phenolic OH excluding ortho intramolecular Hbond substituents is 1. The number of aromatic hydroxyl groups is 1. The summed E-state index contributed by atoms with van der Waals surface area (Å²) in [6, 6.07) is 16.5. The number of ether oxygens (including phenoxy) is 1. The van der Waals surface area contributed by atoms with Crippen LogP contribution in [0.5, 0.6) is 5.75 Å². The van der Waals surface area contributed by atoms with Crippen molar-refractivity contribution in [3.63, 3.8) is 0 Å². The molecule has 0 heterocycles. The summed E-state index contributed by atoms with van der Waals surface area (Å²) in [6.45, 7) is 5.27. The van der Waals surface area contributed by atoms with Gasteiger partial charge >= 0.3 is 0 Å². The number of hydrogen-bond acceptors (Lipinski definition) is 4. The smallest absolute Gasteiger partial charge is 0.255 e. The van der Waals surface area contributed by atoms with Gasteiger partial charge in [0.15, 0.2) is 5.96 Å². The number of carbonyl (C=O) groups is 1. The van der Waals surface area contributed by atoms with Gasteiger partial charge in [-0.2, -0.15) is 0 Å². The number of rotatable bonds is 10. The summed E-state index contributed by atoms with van der Waals surface area (Å²) in [6.07, 6.45) is 0. The Morgan fingerprint density at radius 2 is 1.69 bits per heavy atom. The maximum atomic E-state index is 12.0. The van der Waals surface area contributed by atoms with Crippen LogP contribution in [-0.4, -0.2) is 49.8 Å². The minimum atomic E-state index is -0.309. The first-order chi connectivity index (χ1) is 13.7. The van der Waals surface area contributed by atoms with Crippen molar-refractivity contribution in [2.75, 3.05) is 32.8 Å². The lowest BCUT2D eigenvalue weighted by Crippen LogP contribution is -2.41. The second-order valence-corrected chi connectivity index (χ2v) is 6.00. The van der Waals surface area contributed by atoms with Crippen LogP contribution in [0.3, 0.4) is 0 Å². The second kappa shape index (κ2) is 14.6. The highest BCUT2D eigenvalue weighted by atomic mass is 127. The van der Waals surface area contributed by atoms with E-state index in [9.17, 15) is 9.90 Å². The summed E-state index contributed by atoms with van der Waals surface area (Å²) in [5.74, 6) is 0.331. The van der Waals surface area contributed by atoms with Crippen LogP contribution in [0.2, 0.25) is 0 Å². The van der Waals surface area contributed by atoms with E-state index in [2.05, 4.69) is 20.9 Å². The van der Waals surface area contributed by atoms with Gasteiger partial charge in [0.05, 0.1) is 25.3 Å². The van der Waals surface area contributed by atoms with Crippen molar-refractivity contribution < 1.29 is 14.6 Å². The molecule has 1 amide bonds. The monoisotopic (exact) mass is 512 g/mol. The number of aliphatic imine (C=N–C) groups is 1. The van der Waals surface area contributed by atoms with Crippen LogP contribution < -0.4 is 16.0 Å². The number of phenols is 1. The zero-order valence-corrected chi connectivity index (χ0v) is 18.9. The van der Waals surface area contributed by atoms with Crippen LogP contribution >= 0.6 is 24.0 Å². The van der Waals surface area contributed by atoms with E-state index in [-0.39, 0.29) is 41.2 Å². The van der Waals surface area contributed by atoms with Gasteiger partial charge in [-0.05, 0) is 24.6 Å². The Labute approximate surface area is 189 Å². The van der Waals surface area contributed by atoms with Gasteiger partial charge < -0.3 is 25.8 Å². The highest BCUT2D eigenvalue weighted by Crippen LogP contribution is 2.14. The Bertz CT molecular complexity index is 757. The lowest BCUT2D eigenvalue weighted by molar-refractivity contribution is 0.0951. The van der Waals surface area contributed by atoms with Crippen LogP contribution in [0.1, 0.15) is 22.8 Å². The molecule has 0 saturated carbocycles. The van der Waals surface area contributed by atoms with Crippen molar-refractivity contribution in [1.29, 1.82) is 0 Å². The number of nitrogens with zero attached hydrogens (tertiary/aromatic N) is 1. The SMILES string of the molecule is CCNC(=NCCOCc1ccccc1)NCCNC(=O)c1ccccc1O.I. The Morgan fingerprint density at radius 1 is 1.00 bits per heavy atom. The number of halogens is 1. The standard InChI is InChI=1S/C21H28N4O3.HI/c1-2-22-21(25-14-15-28-16-17-8-4-3-5-9-17)24-13-12-23-20(27)18-10-6-7-11-19(18)26;/h3-11,26H,2,12-16H2,1H3,(H,23,27)(H2,22,24,25);1H. The van der Waals surface area contributed by atoms with Crippen molar-refractivity contribution in [3.05, 3.63) is 65.7 Å². The van der Waals surface area contributed by atoms with Crippen molar-refractivity contribution in [3.8, 4) is 5.75 Å². The molecule has 158 valence electrons. The van der Waals surface area contributed by atoms with E-state index in [1.165, 1.54) is 6.07 Å². The van der Waals surface area contributed by atoms with E-state index in [1.807, 2.05) is 37.3 Å². The molecule has 2 aromatic carbocycles. The summed E-state index contributed by atoms with van der Waals surface area (Å²) in [4.78, 5) is 16.5. The van der Waals surface area contributed by atoms with E-state index in [4.69, 9.17) is 4.74 Å². The van der Waals surface area contributed by atoms with Crippen LogP contribution in [0, 0.1) is 0 Å². The molecule has 0 bridgehead atoms.